The summed E-state index contributed by atoms with van der Waals surface area (Å²) in [5.41, 5.74) is 1.05. The van der Waals surface area contributed by atoms with Crippen LogP contribution in [0.2, 0.25) is 0 Å². The Bertz CT molecular complexity index is 667. The van der Waals surface area contributed by atoms with Gasteiger partial charge in [0.05, 0.1) is 12.7 Å². The summed E-state index contributed by atoms with van der Waals surface area (Å²) in [6.07, 6.45) is 0. The molecule has 0 atom stereocenters. The number of hydrogen-bond donors (Lipinski definition) is 1. The average Bonchev–Trinajstić information content (AvgIpc) is 2.46. The van der Waals surface area contributed by atoms with Crippen molar-refractivity contribution in [3.05, 3.63) is 58.9 Å². The highest BCUT2D eigenvalue weighted by molar-refractivity contribution is 5.90. The molecule has 0 aliphatic carbocycles. The van der Waals surface area contributed by atoms with Gasteiger partial charge in [-0.15, -0.1) is 0 Å². The zero-order valence-corrected chi connectivity index (χ0v) is 11.7. The standard InChI is InChI=1S/C16H15FO4/c1-10-13(16(18)19)4-3-5-15(10)21-9-11-6-7-12(20-2)8-14(11)17/h3-8H,9H2,1-2H3,(H,18,19). The van der Waals surface area contributed by atoms with Crippen molar-refractivity contribution in [2.24, 2.45) is 0 Å². The predicted octanol–water partition coefficient (Wildman–Crippen LogP) is 3.42. The van der Waals surface area contributed by atoms with Crippen molar-refractivity contribution in [1.29, 1.82) is 0 Å². The number of benzene rings is 2. The van der Waals surface area contributed by atoms with Crippen LogP contribution in [0.4, 0.5) is 4.39 Å². The number of hydrogen-bond acceptors (Lipinski definition) is 3. The van der Waals surface area contributed by atoms with Crippen molar-refractivity contribution in [3.63, 3.8) is 0 Å². The van der Waals surface area contributed by atoms with E-state index in [-0.39, 0.29) is 12.2 Å². The van der Waals surface area contributed by atoms with Crippen molar-refractivity contribution in [1.82, 2.24) is 0 Å². The van der Waals surface area contributed by atoms with Gasteiger partial charge in [0, 0.05) is 17.2 Å². The Kier molecular flexibility index (Phi) is 4.42. The number of carbonyl (C=O) groups is 1. The average molecular weight is 290 g/mol. The van der Waals surface area contributed by atoms with Crippen LogP contribution in [0.25, 0.3) is 0 Å². The lowest BCUT2D eigenvalue weighted by molar-refractivity contribution is 0.0695. The Morgan fingerprint density at radius 3 is 2.67 bits per heavy atom. The van der Waals surface area contributed by atoms with Crippen LogP contribution in [-0.4, -0.2) is 18.2 Å². The smallest absolute Gasteiger partial charge is 0.336 e. The Morgan fingerprint density at radius 1 is 1.29 bits per heavy atom. The fourth-order valence-corrected chi connectivity index (χ4v) is 1.93. The molecule has 0 amide bonds. The highest BCUT2D eigenvalue weighted by Crippen LogP contribution is 2.24. The minimum Gasteiger partial charge on any atom is -0.497 e. The van der Waals surface area contributed by atoms with Crippen LogP contribution in [0.5, 0.6) is 11.5 Å². The van der Waals surface area contributed by atoms with Crippen LogP contribution in [0.1, 0.15) is 21.5 Å². The molecule has 0 heterocycles. The van der Waals surface area contributed by atoms with Crippen molar-refractivity contribution >= 4 is 5.97 Å². The summed E-state index contributed by atoms with van der Waals surface area (Å²) in [5, 5.41) is 9.05. The molecule has 0 saturated carbocycles. The molecule has 5 heteroatoms. The highest BCUT2D eigenvalue weighted by Gasteiger charge is 2.12. The number of rotatable bonds is 5. The number of carboxylic acid groups (broad SMARTS) is 1. The maximum atomic E-state index is 13.8. The van der Waals surface area contributed by atoms with Gasteiger partial charge < -0.3 is 14.6 Å². The number of halogens is 1. The minimum absolute atomic E-state index is 0.0136. The van der Waals surface area contributed by atoms with Crippen molar-refractivity contribution in [2.45, 2.75) is 13.5 Å². The molecule has 0 radical (unpaired) electrons. The zero-order valence-electron chi connectivity index (χ0n) is 11.7. The zero-order chi connectivity index (χ0) is 15.4. The lowest BCUT2D eigenvalue weighted by atomic mass is 10.1. The molecule has 0 aliphatic heterocycles. The van der Waals surface area contributed by atoms with Crippen LogP contribution >= 0.6 is 0 Å². The summed E-state index contributed by atoms with van der Waals surface area (Å²) < 4.78 is 24.2. The Balaban J connectivity index is 2.17. The van der Waals surface area contributed by atoms with E-state index in [1.807, 2.05) is 0 Å². The molecule has 4 nitrogen and oxygen atoms in total. The molecule has 0 fully saturated rings. The van der Waals surface area contributed by atoms with E-state index in [0.717, 1.165) is 0 Å². The van der Waals surface area contributed by atoms with E-state index in [1.165, 1.54) is 19.2 Å². The van der Waals surface area contributed by atoms with E-state index in [2.05, 4.69) is 0 Å². The summed E-state index contributed by atoms with van der Waals surface area (Å²) in [4.78, 5) is 11.0. The summed E-state index contributed by atoms with van der Waals surface area (Å²) in [7, 11) is 1.46. The Morgan fingerprint density at radius 2 is 2.05 bits per heavy atom. The van der Waals surface area contributed by atoms with E-state index in [4.69, 9.17) is 14.6 Å². The van der Waals surface area contributed by atoms with Gasteiger partial charge in [0.2, 0.25) is 0 Å². The number of aromatic carboxylic acids is 1. The second-order valence-electron chi connectivity index (χ2n) is 4.48. The van der Waals surface area contributed by atoms with Crippen LogP contribution in [-0.2, 0) is 6.61 Å². The maximum absolute atomic E-state index is 13.8. The molecule has 0 aromatic heterocycles. The number of carboxylic acids is 1. The third-order valence-corrected chi connectivity index (χ3v) is 3.16. The predicted molar refractivity (Wildman–Crippen MR) is 75.4 cm³/mol. The monoisotopic (exact) mass is 290 g/mol. The van der Waals surface area contributed by atoms with Crippen LogP contribution < -0.4 is 9.47 Å². The van der Waals surface area contributed by atoms with Gasteiger partial charge in [0.15, 0.2) is 0 Å². The van der Waals surface area contributed by atoms with Gasteiger partial charge in [-0.3, -0.25) is 0 Å². The third-order valence-electron chi connectivity index (χ3n) is 3.16. The second kappa shape index (κ2) is 6.26. The van der Waals surface area contributed by atoms with Crippen molar-refractivity contribution in [2.75, 3.05) is 7.11 Å². The summed E-state index contributed by atoms with van der Waals surface area (Å²) in [5.74, 6) is -0.597. The fraction of sp³-hybridized carbons (Fsp3) is 0.188. The molecule has 2 rings (SSSR count). The van der Waals surface area contributed by atoms with Gasteiger partial charge in [0.1, 0.15) is 23.9 Å². The Labute approximate surface area is 121 Å². The first kappa shape index (κ1) is 14.8. The van der Waals surface area contributed by atoms with Crippen LogP contribution in [0.15, 0.2) is 36.4 Å². The summed E-state index contributed by atoms with van der Waals surface area (Å²) >= 11 is 0. The molecule has 110 valence electrons. The van der Waals surface area contributed by atoms with E-state index in [9.17, 15) is 9.18 Å². The van der Waals surface area contributed by atoms with E-state index in [0.29, 0.717) is 22.6 Å². The normalized spacial score (nSPS) is 10.2. The molecule has 0 aliphatic rings. The minimum atomic E-state index is -1.02. The second-order valence-corrected chi connectivity index (χ2v) is 4.48. The highest BCUT2D eigenvalue weighted by atomic mass is 19.1. The quantitative estimate of drug-likeness (QED) is 0.916. The van der Waals surface area contributed by atoms with Gasteiger partial charge in [-0.2, -0.15) is 0 Å². The molecular weight excluding hydrogens is 275 g/mol. The van der Waals surface area contributed by atoms with Gasteiger partial charge >= 0.3 is 5.97 Å². The topological polar surface area (TPSA) is 55.8 Å². The molecular formula is C16H15FO4. The number of ether oxygens (including phenoxy) is 2. The molecule has 2 aromatic carbocycles. The molecule has 21 heavy (non-hydrogen) atoms. The van der Waals surface area contributed by atoms with Gasteiger partial charge in [-0.1, -0.05) is 6.07 Å². The van der Waals surface area contributed by atoms with Gasteiger partial charge in [-0.25, -0.2) is 9.18 Å². The van der Waals surface area contributed by atoms with Gasteiger partial charge in [0.25, 0.3) is 0 Å². The van der Waals surface area contributed by atoms with Crippen molar-refractivity contribution < 1.29 is 23.8 Å². The SMILES string of the molecule is COc1ccc(COc2cccc(C(=O)O)c2C)c(F)c1. The third kappa shape index (κ3) is 3.31. The van der Waals surface area contributed by atoms with E-state index >= 15 is 0 Å². The summed E-state index contributed by atoms with van der Waals surface area (Å²) in [6.45, 7) is 1.67. The van der Waals surface area contributed by atoms with Crippen LogP contribution in [0.3, 0.4) is 0 Å². The van der Waals surface area contributed by atoms with Crippen LogP contribution in [0, 0.1) is 12.7 Å². The molecule has 0 spiro atoms. The fourth-order valence-electron chi connectivity index (χ4n) is 1.93. The molecule has 0 unspecified atom stereocenters. The Hall–Kier alpha value is -2.56. The first-order valence-electron chi connectivity index (χ1n) is 6.31. The van der Waals surface area contributed by atoms with E-state index in [1.54, 1.807) is 31.2 Å². The largest absolute Gasteiger partial charge is 0.497 e. The molecule has 0 saturated heterocycles. The lowest BCUT2D eigenvalue weighted by Crippen LogP contribution is -2.04. The van der Waals surface area contributed by atoms with E-state index < -0.39 is 11.8 Å². The molecule has 0 bridgehead atoms. The first-order valence-corrected chi connectivity index (χ1v) is 6.31. The number of methoxy groups -OCH3 is 1. The lowest BCUT2D eigenvalue weighted by Gasteiger charge is -2.12. The maximum Gasteiger partial charge on any atom is 0.336 e. The first-order chi connectivity index (χ1) is 10.0. The van der Waals surface area contributed by atoms with Gasteiger partial charge in [-0.05, 0) is 31.2 Å². The summed E-state index contributed by atoms with van der Waals surface area (Å²) in [6, 6.07) is 9.24. The van der Waals surface area contributed by atoms with Crippen molar-refractivity contribution in [3.8, 4) is 11.5 Å². The molecule has 2 aromatic rings. The molecule has 1 N–H and O–H groups in total.